The van der Waals surface area contributed by atoms with Crippen LogP contribution >= 0.6 is 27.3 Å². The zero-order valence-electron chi connectivity index (χ0n) is 10.7. The molecule has 1 N–H and O–H groups in total. The zero-order chi connectivity index (χ0) is 15.0. The van der Waals surface area contributed by atoms with Gasteiger partial charge >= 0.3 is 0 Å². The molecule has 1 saturated heterocycles. The van der Waals surface area contributed by atoms with Crippen LogP contribution in [0.2, 0.25) is 0 Å². The molecule has 0 amide bonds. The Morgan fingerprint density at radius 2 is 2.20 bits per heavy atom. The number of sulfonamides is 2. The zero-order valence-corrected chi connectivity index (χ0v) is 14.7. The van der Waals surface area contributed by atoms with E-state index in [9.17, 15) is 16.8 Å². The van der Waals surface area contributed by atoms with E-state index in [0.717, 1.165) is 11.3 Å². The number of halogens is 1. The molecule has 1 aliphatic heterocycles. The van der Waals surface area contributed by atoms with Gasteiger partial charge < -0.3 is 0 Å². The maximum atomic E-state index is 12.0. The largest absolute Gasteiger partial charge is 0.267 e. The van der Waals surface area contributed by atoms with Crippen LogP contribution < -0.4 is 4.72 Å². The fourth-order valence-electron chi connectivity index (χ4n) is 1.78. The number of thiazole rings is 1. The second kappa shape index (κ2) is 5.97. The van der Waals surface area contributed by atoms with Gasteiger partial charge in [-0.05, 0) is 29.3 Å². The fourth-order valence-corrected chi connectivity index (χ4v) is 6.31. The molecule has 0 radical (unpaired) electrons. The van der Waals surface area contributed by atoms with Crippen molar-refractivity contribution in [1.82, 2.24) is 14.0 Å². The second-order valence-corrected chi connectivity index (χ2v) is 10.7. The van der Waals surface area contributed by atoms with E-state index in [4.69, 9.17) is 0 Å². The molecule has 114 valence electrons. The minimum Gasteiger partial charge on any atom is -0.228 e. The second-order valence-electron chi connectivity index (χ2n) is 4.31. The van der Waals surface area contributed by atoms with E-state index in [1.807, 2.05) is 0 Å². The molecule has 1 fully saturated rings. The van der Waals surface area contributed by atoms with Crippen molar-refractivity contribution >= 4 is 47.3 Å². The molecule has 0 saturated carbocycles. The van der Waals surface area contributed by atoms with Gasteiger partial charge in [0, 0.05) is 19.6 Å². The van der Waals surface area contributed by atoms with Gasteiger partial charge in [-0.1, -0.05) is 11.3 Å². The first-order valence-electron chi connectivity index (χ1n) is 5.83. The maximum Gasteiger partial charge on any atom is 0.267 e. The van der Waals surface area contributed by atoms with Crippen LogP contribution in [0.5, 0.6) is 0 Å². The summed E-state index contributed by atoms with van der Waals surface area (Å²) < 4.78 is 51.4. The number of hydrogen-bond acceptors (Lipinski definition) is 6. The summed E-state index contributed by atoms with van der Waals surface area (Å²) >= 11 is 4.25. The van der Waals surface area contributed by atoms with Crippen LogP contribution in [0, 0.1) is 6.92 Å². The minimum absolute atomic E-state index is 0.0221. The van der Waals surface area contributed by atoms with Crippen LogP contribution in [0.3, 0.4) is 0 Å². The summed E-state index contributed by atoms with van der Waals surface area (Å²) in [5, 5.41) is 0. The van der Waals surface area contributed by atoms with Gasteiger partial charge in [0.2, 0.25) is 14.4 Å². The molecule has 11 heteroatoms. The lowest BCUT2D eigenvalue weighted by Gasteiger charge is -2.13. The van der Waals surface area contributed by atoms with Crippen molar-refractivity contribution in [2.45, 2.75) is 17.7 Å². The number of hydrogen-bond donors (Lipinski definition) is 1. The third-order valence-corrected chi connectivity index (χ3v) is 8.61. The van der Waals surface area contributed by atoms with E-state index in [0.29, 0.717) is 22.4 Å². The van der Waals surface area contributed by atoms with Gasteiger partial charge in [-0.3, -0.25) is 0 Å². The number of nitrogens with one attached hydrogen (secondary N) is 1. The van der Waals surface area contributed by atoms with E-state index in [2.05, 4.69) is 25.6 Å². The van der Waals surface area contributed by atoms with Crippen molar-refractivity contribution in [2.24, 2.45) is 0 Å². The first-order valence-corrected chi connectivity index (χ1v) is 10.5. The lowest BCUT2D eigenvalue weighted by molar-refractivity contribution is 0.444. The highest BCUT2D eigenvalue weighted by Crippen LogP contribution is 2.26. The molecule has 0 spiro atoms. The molecular weight excluding hydrogens is 390 g/mol. The summed E-state index contributed by atoms with van der Waals surface area (Å²) in [6.45, 7) is 2.34. The van der Waals surface area contributed by atoms with E-state index >= 15 is 0 Å². The molecule has 0 unspecified atom stereocenters. The lowest BCUT2D eigenvalue weighted by Crippen LogP contribution is -2.35. The van der Waals surface area contributed by atoms with Crippen molar-refractivity contribution in [2.75, 3.05) is 25.4 Å². The summed E-state index contributed by atoms with van der Waals surface area (Å²) in [6, 6.07) is 0. The van der Waals surface area contributed by atoms with E-state index in [-0.39, 0.29) is 23.2 Å². The highest BCUT2D eigenvalue weighted by Gasteiger charge is 2.28. The smallest absolute Gasteiger partial charge is 0.228 e. The first-order chi connectivity index (χ1) is 9.22. The third-order valence-electron chi connectivity index (χ3n) is 2.81. The van der Waals surface area contributed by atoms with Crippen molar-refractivity contribution < 1.29 is 16.8 Å². The SMILES string of the molecule is Cc1nc(S(=O)(=O)NCCN2CCCS2(=O)=O)sc1Br. The van der Waals surface area contributed by atoms with Gasteiger partial charge in [-0.15, -0.1) is 0 Å². The van der Waals surface area contributed by atoms with Crippen molar-refractivity contribution in [1.29, 1.82) is 0 Å². The molecular formula is C9H14BrN3O4S3. The van der Waals surface area contributed by atoms with Crippen LogP contribution in [0.1, 0.15) is 12.1 Å². The van der Waals surface area contributed by atoms with Crippen LogP contribution in [0.15, 0.2) is 8.13 Å². The first kappa shape index (κ1) is 16.3. The average Bonchev–Trinajstić information content (AvgIpc) is 2.84. The van der Waals surface area contributed by atoms with Gasteiger partial charge in [0.1, 0.15) is 0 Å². The molecule has 7 nitrogen and oxygen atoms in total. The molecule has 1 aromatic rings. The van der Waals surface area contributed by atoms with Gasteiger partial charge in [-0.2, -0.15) is 0 Å². The Morgan fingerprint density at radius 3 is 2.70 bits per heavy atom. The van der Waals surface area contributed by atoms with Crippen LogP contribution in [-0.4, -0.2) is 51.5 Å². The Kier molecular flexibility index (Phi) is 4.87. The van der Waals surface area contributed by atoms with Crippen molar-refractivity contribution in [3.05, 3.63) is 9.48 Å². The van der Waals surface area contributed by atoms with E-state index in [1.54, 1.807) is 6.92 Å². The maximum absolute atomic E-state index is 12.0. The van der Waals surface area contributed by atoms with Gasteiger partial charge in [0.25, 0.3) is 10.0 Å². The molecule has 0 aromatic carbocycles. The fraction of sp³-hybridized carbons (Fsp3) is 0.667. The van der Waals surface area contributed by atoms with Gasteiger partial charge in [-0.25, -0.2) is 30.8 Å². The molecule has 1 aromatic heterocycles. The monoisotopic (exact) mass is 403 g/mol. The van der Waals surface area contributed by atoms with Gasteiger partial charge in [0.05, 0.1) is 15.2 Å². The standard InChI is InChI=1S/C9H14BrN3O4S3/c1-7-8(10)18-9(12-7)20(16,17)11-3-5-13-4-2-6-19(13,14)15/h11H,2-6H2,1H3. The topological polar surface area (TPSA) is 96.4 Å². The van der Waals surface area contributed by atoms with E-state index < -0.39 is 20.0 Å². The highest BCUT2D eigenvalue weighted by molar-refractivity contribution is 9.11. The summed E-state index contributed by atoms with van der Waals surface area (Å²) in [4.78, 5) is 3.95. The lowest BCUT2D eigenvalue weighted by atomic mass is 10.5. The number of aromatic nitrogens is 1. The normalized spacial score (nSPS) is 19.5. The van der Waals surface area contributed by atoms with Crippen LogP contribution in [0.4, 0.5) is 0 Å². The predicted octanol–water partition coefficient (Wildman–Crippen LogP) is 0.528. The summed E-state index contributed by atoms with van der Waals surface area (Å²) in [5.74, 6) is 0.137. The molecule has 1 aliphatic rings. The Morgan fingerprint density at radius 1 is 1.50 bits per heavy atom. The average molecular weight is 404 g/mol. The predicted molar refractivity (Wildman–Crippen MR) is 79.7 cm³/mol. The Balaban J connectivity index is 1.97. The van der Waals surface area contributed by atoms with Crippen molar-refractivity contribution in [3.63, 3.8) is 0 Å². The Labute approximate surface area is 130 Å². The minimum atomic E-state index is -3.69. The van der Waals surface area contributed by atoms with Crippen molar-refractivity contribution in [3.8, 4) is 0 Å². The summed E-state index contributed by atoms with van der Waals surface area (Å²) in [5.41, 5.74) is 0.609. The number of nitrogens with zero attached hydrogens (tertiary/aromatic N) is 2. The summed E-state index contributed by atoms with van der Waals surface area (Å²) in [7, 11) is -6.88. The summed E-state index contributed by atoms with van der Waals surface area (Å²) in [6.07, 6.45) is 0.591. The highest BCUT2D eigenvalue weighted by atomic mass is 79.9. The van der Waals surface area contributed by atoms with Gasteiger partial charge in [0.15, 0.2) is 0 Å². The quantitative estimate of drug-likeness (QED) is 0.772. The van der Waals surface area contributed by atoms with Crippen LogP contribution in [-0.2, 0) is 20.0 Å². The molecule has 0 bridgehead atoms. The molecule has 2 heterocycles. The molecule has 0 atom stereocenters. The molecule has 2 rings (SSSR count). The number of aryl methyl sites for hydroxylation is 1. The van der Waals surface area contributed by atoms with Crippen LogP contribution in [0.25, 0.3) is 0 Å². The molecule has 0 aliphatic carbocycles. The number of rotatable bonds is 5. The Bertz CT molecular complexity index is 679. The third kappa shape index (κ3) is 3.57. The van der Waals surface area contributed by atoms with E-state index in [1.165, 1.54) is 4.31 Å². The Hall–Kier alpha value is -0.0700. The molecule has 20 heavy (non-hydrogen) atoms.